The summed E-state index contributed by atoms with van der Waals surface area (Å²) in [4.78, 5) is 13.4. The number of anilines is 1. The maximum Gasteiger partial charge on any atom is 0.573 e. The normalized spacial score (nSPS) is 21.8. The molecule has 2 aliphatic rings. The molecule has 9 heteroatoms. The first-order chi connectivity index (χ1) is 13.2. The van der Waals surface area contributed by atoms with Crippen molar-refractivity contribution in [2.45, 2.75) is 44.6 Å². The number of nitrogens with zero attached hydrogens (tertiary/aromatic N) is 1. The molecule has 3 rings (SSSR count). The van der Waals surface area contributed by atoms with E-state index < -0.39 is 17.9 Å². The molecule has 1 unspecified atom stereocenters. The molecule has 1 atom stereocenters. The molecular formula is C19H23F4NO4. The molecule has 0 saturated carbocycles. The smallest absolute Gasteiger partial charge is 0.466 e. The molecule has 0 aromatic heterocycles. The Morgan fingerprint density at radius 3 is 2.68 bits per heavy atom. The van der Waals surface area contributed by atoms with Gasteiger partial charge in [-0.2, -0.15) is 0 Å². The van der Waals surface area contributed by atoms with Crippen molar-refractivity contribution in [2.24, 2.45) is 5.92 Å². The summed E-state index contributed by atoms with van der Waals surface area (Å²) in [6.45, 7) is 3.46. The highest BCUT2D eigenvalue weighted by atomic mass is 19.4. The third-order valence-electron chi connectivity index (χ3n) is 5.21. The molecule has 0 radical (unpaired) electrons. The van der Waals surface area contributed by atoms with Crippen molar-refractivity contribution in [1.82, 2.24) is 0 Å². The zero-order chi connectivity index (χ0) is 20.4. The van der Waals surface area contributed by atoms with E-state index in [2.05, 4.69) is 4.74 Å². The van der Waals surface area contributed by atoms with Gasteiger partial charge in [-0.05, 0) is 44.2 Å². The van der Waals surface area contributed by atoms with Crippen molar-refractivity contribution in [2.75, 3.05) is 31.2 Å². The van der Waals surface area contributed by atoms with Crippen LogP contribution in [-0.2, 0) is 14.3 Å². The van der Waals surface area contributed by atoms with E-state index in [1.807, 2.05) is 0 Å². The second-order valence-electron chi connectivity index (χ2n) is 7.22. The Morgan fingerprint density at radius 1 is 1.32 bits per heavy atom. The van der Waals surface area contributed by atoms with Gasteiger partial charge >= 0.3 is 12.3 Å². The topological polar surface area (TPSA) is 48.0 Å². The molecule has 0 amide bonds. The third kappa shape index (κ3) is 5.06. The molecule has 0 N–H and O–H groups in total. The van der Waals surface area contributed by atoms with E-state index in [4.69, 9.17) is 9.47 Å². The predicted molar refractivity (Wildman–Crippen MR) is 92.6 cm³/mol. The van der Waals surface area contributed by atoms with E-state index in [1.165, 1.54) is 0 Å². The highest BCUT2D eigenvalue weighted by Gasteiger charge is 2.43. The van der Waals surface area contributed by atoms with E-state index >= 15 is 0 Å². The van der Waals surface area contributed by atoms with Crippen LogP contribution in [0.25, 0.3) is 0 Å². The Hall–Kier alpha value is -2.03. The number of halogens is 4. The van der Waals surface area contributed by atoms with Crippen molar-refractivity contribution < 1.29 is 36.6 Å². The van der Waals surface area contributed by atoms with E-state index in [9.17, 15) is 22.4 Å². The average Bonchev–Trinajstić information content (AvgIpc) is 2.99. The van der Waals surface area contributed by atoms with Crippen molar-refractivity contribution in [1.29, 1.82) is 0 Å². The number of benzene rings is 1. The summed E-state index contributed by atoms with van der Waals surface area (Å²) in [5, 5.41) is 0. The standard InChI is InChI=1S/C19H23F4NO4/c1-2-26-17(25)9-13-11-18(27-12-13)5-7-24(8-6-18)16-10-14(3-4-15(16)20)28-19(21,22)23/h3-4,10,13H,2,5-9,11-12H2,1H3. The average molecular weight is 405 g/mol. The quantitative estimate of drug-likeness (QED) is 0.546. The Bertz CT molecular complexity index is 702. The lowest BCUT2D eigenvalue weighted by atomic mass is 9.84. The lowest BCUT2D eigenvalue weighted by Crippen LogP contribution is -2.44. The molecule has 2 heterocycles. The summed E-state index contributed by atoms with van der Waals surface area (Å²) in [7, 11) is 0. The van der Waals surface area contributed by atoms with Gasteiger partial charge in [-0.3, -0.25) is 4.79 Å². The third-order valence-corrected chi connectivity index (χ3v) is 5.21. The molecule has 2 saturated heterocycles. The van der Waals surface area contributed by atoms with Gasteiger partial charge in [-0.15, -0.1) is 13.2 Å². The first-order valence-corrected chi connectivity index (χ1v) is 9.29. The highest BCUT2D eigenvalue weighted by Crippen LogP contribution is 2.41. The molecule has 1 aromatic rings. The number of carbonyl (C=O) groups excluding carboxylic acids is 1. The van der Waals surface area contributed by atoms with Crippen molar-refractivity contribution in [3.63, 3.8) is 0 Å². The van der Waals surface area contributed by atoms with Crippen LogP contribution in [0.3, 0.4) is 0 Å². The number of alkyl halides is 3. The number of esters is 1. The van der Waals surface area contributed by atoms with Gasteiger partial charge in [-0.1, -0.05) is 0 Å². The van der Waals surface area contributed by atoms with Gasteiger partial charge in [-0.25, -0.2) is 4.39 Å². The number of ether oxygens (including phenoxy) is 3. The van der Waals surface area contributed by atoms with E-state index in [0.29, 0.717) is 45.6 Å². The number of hydrogen-bond acceptors (Lipinski definition) is 5. The highest BCUT2D eigenvalue weighted by molar-refractivity contribution is 5.69. The molecule has 1 spiro atoms. The Labute approximate surface area is 160 Å². The van der Waals surface area contributed by atoms with Crippen LogP contribution in [0.4, 0.5) is 23.2 Å². The van der Waals surface area contributed by atoms with Gasteiger partial charge in [0, 0.05) is 19.2 Å². The summed E-state index contributed by atoms with van der Waals surface area (Å²) in [6, 6.07) is 3.00. The van der Waals surface area contributed by atoms with Crippen LogP contribution in [0, 0.1) is 11.7 Å². The molecule has 2 fully saturated rings. The van der Waals surface area contributed by atoms with Crippen LogP contribution in [0.1, 0.15) is 32.6 Å². The largest absolute Gasteiger partial charge is 0.573 e. The Balaban J connectivity index is 1.60. The van der Waals surface area contributed by atoms with Crippen molar-refractivity contribution in [3.05, 3.63) is 24.0 Å². The fraction of sp³-hybridized carbons (Fsp3) is 0.632. The Kier molecular flexibility index (Phi) is 6.02. The van der Waals surface area contributed by atoms with Gasteiger partial charge in [0.15, 0.2) is 0 Å². The maximum atomic E-state index is 14.2. The second kappa shape index (κ2) is 8.14. The van der Waals surface area contributed by atoms with Crippen LogP contribution < -0.4 is 9.64 Å². The number of piperidine rings is 1. The lowest BCUT2D eigenvalue weighted by Gasteiger charge is -2.40. The minimum absolute atomic E-state index is 0.0812. The summed E-state index contributed by atoms with van der Waals surface area (Å²) in [6.07, 6.45) is -2.58. The van der Waals surface area contributed by atoms with E-state index in [1.54, 1.807) is 11.8 Å². The molecule has 5 nitrogen and oxygen atoms in total. The molecule has 1 aromatic carbocycles. The summed E-state index contributed by atoms with van der Waals surface area (Å²) in [5.41, 5.74) is -0.290. The minimum atomic E-state index is -4.83. The monoisotopic (exact) mass is 405 g/mol. The SMILES string of the molecule is CCOC(=O)CC1COC2(CCN(c3cc(OC(F)(F)F)ccc3F)CC2)C1. The fourth-order valence-electron chi connectivity index (χ4n) is 3.96. The zero-order valence-corrected chi connectivity index (χ0v) is 15.6. The van der Waals surface area contributed by atoms with Crippen LogP contribution in [0.2, 0.25) is 0 Å². The van der Waals surface area contributed by atoms with Crippen LogP contribution in [-0.4, -0.2) is 44.2 Å². The van der Waals surface area contributed by atoms with Crippen LogP contribution in [0.5, 0.6) is 5.75 Å². The molecule has 0 bridgehead atoms. The molecule has 28 heavy (non-hydrogen) atoms. The summed E-state index contributed by atoms with van der Waals surface area (Å²) in [5.74, 6) is -1.20. The number of rotatable bonds is 5. The molecule has 0 aliphatic carbocycles. The fourth-order valence-corrected chi connectivity index (χ4v) is 3.96. The number of hydrogen-bond donors (Lipinski definition) is 0. The van der Waals surface area contributed by atoms with Gasteiger partial charge in [0.1, 0.15) is 11.6 Å². The zero-order valence-electron chi connectivity index (χ0n) is 15.6. The molecular weight excluding hydrogens is 382 g/mol. The second-order valence-corrected chi connectivity index (χ2v) is 7.22. The first-order valence-electron chi connectivity index (χ1n) is 9.29. The van der Waals surface area contributed by atoms with E-state index in [0.717, 1.165) is 24.6 Å². The van der Waals surface area contributed by atoms with Gasteiger partial charge in [0.25, 0.3) is 0 Å². The maximum absolute atomic E-state index is 14.2. The lowest BCUT2D eigenvalue weighted by molar-refractivity contribution is -0.274. The summed E-state index contributed by atoms with van der Waals surface area (Å²) < 4.78 is 66.3. The summed E-state index contributed by atoms with van der Waals surface area (Å²) >= 11 is 0. The van der Waals surface area contributed by atoms with E-state index in [-0.39, 0.29) is 23.2 Å². The van der Waals surface area contributed by atoms with Crippen molar-refractivity contribution in [3.8, 4) is 5.75 Å². The minimum Gasteiger partial charge on any atom is -0.466 e. The van der Waals surface area contributed by atoms with Crippen LogP contribution in [0.15, 0.2) is 18.2 Å². The number of carbonyl (C=O) groups is 1. The van der Waals surface area contributed by atoms with Gasteiger partial charge < -0.3 is 19.1 Å². The molecule has 2 aliphatic heterocycles. The van der Waals surface area contributed by atoms with Crippen LogP contribution >= 0.6 is 0 Å². The van der Waals surface area contributed by atoms with Crippen molar-refractivity contribution >= 4 is 11.7 Å². The van der Waals surface area contributed by atoms with Gasteiger partial charge in [0.05, 0.1) is 30.9 Å². The Morgan fingerprint density at radius 2 is 2.04 bits per heavy atom. The predicted octanol–water partition coefficient (Wildman–Crippen LogP) is 4.05. The first kappa shape index (κ1) is 20.7. The van der Waals surface area contributed by atoms with Gasteiger partial charge in [0.2, 0.25) is 0 Å². The molecule has 156 valence electrons.